The van der Waals surface area contributed by atoms with E-state index in [9.17, 15) is 9.59 Å². The molecule has 118 valence electrons. The Balaban J connectivity index is 1.74. The van der Waals surface area contributed by atoms with Gasteiger partial charge in [-0.3, -0.25) is 9.59 Å². The summed E-state index contributed by atoms with van der Waals surface area (Å²) in [7, 11) is 0. The molecule has 1 aliphatic heterocycles. The van der Waals surface area contributed by atoms with E-state index in [0.29, 0.717) is 25.1 Å². The summed E-state index contributed by atoms with van der Waals surface area (Å²) in [6, 6.07) is 9.81. The number of nitrogens with zero attached hydrogens (tertiary/aromatic N) is 2. The van der Waals surface area contributed by atoms with Gasteiger partial charge in [-0.2, -0.15) is 5.26 Å². The van der Waals surface area contributed by atoms with Crippen molar-refractivity contribution in [3.8, 4) is 6.07 Å². The summed E-state index contributed by atoms with van der Waals surface area (Å²) < 4.78 is 0. The van der Waals surface area contributed by atoms with E-state index in [2.05, 4.69) is 11.1 Å². The van der Waals surface area contributed by atoms with Gasteiger partial charge in [-0.05, 0) is 48.9 Å². The Labute approximate surface area is 134 Å². The number of aromatic amines is 1. The van der Waals surface area contributed by atoms with E-state index >= 15 is 0 Å². The number of amides is 1. The molecule has 0 bridgehead atoms. The van der Waals surface area contributed by atoms with Crippen LogP contribution in [-0.4, -0.2) is 28.9 Å². The van der Waals surface area contributed by atoms with Gasteiger partial charge in [0.05, 0.1) is 12.5 Å². The lowest BCUT2D eigenvalue weighted by Gasteiger charge is -2.29. The summed E-state index contributed by atoms with van der Waals surface area (Å²) in [6.07, 6.45) is 1.88. The highest BCUT2D eigenvalue weighted by atomic mass is 16.2. The first kappa shape index (κ1) is 15.3. The molecule has 1 saturated heterocycles. The summed E-state index contributed by atoms with van der Waals surface area (Å²) in [4.78, 5) is 28.7. The van der Waals surface area contributed by atoms with E-state index in [0.717, 1.165) is 29.3 Å². The number of aromatic nitrogens is 1. The standard InChI is InChI=1S/C18H19N3O2/c1-12-8-15-9-14(2-3-16(15)20-18(12)23)10-17(22)21-6-4-13(11-19)5-7-21/h2-3,8-9,13H,4-7,10H2,1H3,(H,20,23). The first-order valence-corrected chi connectivity index (χ1v) is 7.87. The molecule has 0 saturated carbocycles. The van der Waals surface area contributed by atoms with Gasteiger partial charge in [0.15, 0.2) is 0 Å². The highest BCUT2D eigenvalue weighted by Crippen LogP contribution is 2.18. The number of benzene rings is 1. The highest BCUT2D eigenvalue weighted by Gasteiger charge is 2.22. The summed E-state index contributed by atoms with van der Waals surface area (Å²) in [6.45, 7) is 3.10. The number of hydrogen-bond donors (Lipinski definition) is 1. The molecule has 2 aromatic rings. The number of nitriles is 1. The second-order valence-corrected chi connectivity index (χ2v) is 6.16. The van der Waals surface area contributed by atoms with Gasteiger partial charge in [-0.15, -0.1) is 0 Å². The quantitative estimate of drug-likeness (QED) is 0.923. The molecule has 5 heteroatoms. The van der Waals surface area contributed by atoms with Crippen molar-refractivity contribution in [3.05, 3.63) is 45.7 Å². The molecule has 1 aromatic carbocycles. The summed E-state index contributed by atoms with van der Waals surface area (Å²) in [5.41, 5.74) is 2.31. The van der Waals surface area contributed by atoms with Crippen molar-refractivity contribution in [1.29, 1.82) is 5.26 Å². The second kappa shape index (κ2) is 6.25. The van der Waals surface area contributed by atoms with Crippen LogP contribution in [0.15, 0.2) is 29.1 Å². The molecule has 0 spiro atoms. The number of rotatable bonds is 2. The van der Waals surface area contributed by atoms with E-state index in [1.165, 1.54) is 0 Å². The number of fused-ring (bicyclic) bond motifs is 1. The number of H-pyrrole nitrogens is 1. The predicted octanol–water partition coefficient (Wildman–Crippen LogP) is 2.14. The number of hydrogen-bond acceptors (Lipinski definition) is 3. The minimum Gasteiger partial charge on any atom is -0.342 e. The van der Waals surface area contributed by atoms with Gasteiger partial charge in [-0.1, -0.05) is 6.07 Å². The van der Waals surface area contributed by atoms with Gasteiger partial charge in [0.25, 0.3) is 5.56 Å². The van der Waals surface area contributed by atoms with Crippen molar-refractivity contribution in [2.24, 2.45) is 5.92 Å². The molecule has 0 aliphatic carbocycles. The molecule has 2 heterocycles. The van der Waals surface area contributed by atoms with Crippen LogP contribution < -0.4 is 5.56 Å². The SMILES string of the molecule is Cc1cc2cc(CC(=O)N3CCC(C#N)CC3)ccc2[nH]c1=O. The van der Waals surface area contributed by atoms with Crippen molar-refractivity contribution in [3.63, 3.8) is 0 Å². The number of pyridine rings is 1. The number of aryl methyl sites for hydroxylation is 1. The lowest BCUT2D eigenvalue weighted by atomic mass is 9.98. The monoisotopic (exact) mass is 309 g/mol. The van der Waals surface area contributed by atoms with E-state index < -0.39 is 0 Å². The summed E-state index contributed by atoms with van der Waals surface area (Å²) >= 11 is 0. The fourth-order valence-corrected chi connectivity index (χ4v) is 3.02. The predicted molar refractivity (Wildman–Crippen MR) is 87.9 cm³/mol. The van der Waals surface area contributed by atoms with Crippen LogP contribution in [-0.2, 0) is 11.2 Å². The van der Waals surface area contributed by atoms with Gasteiger partial charge in [0.1, 0.15) is 0 Å². The average molecular weight is 309 g/mol. The molecule has 1 N–H and O–H groups in total. The fraction of sp³-hybridized carbons (Fsp3) is 0.389. The van der Waals surface area contributed by atoms with Crippen molar-refractivity contribution < 1.29 is 4.79 Å². The fourth-order valence-electron chi connectivity index (χ4n) is 3.02. The van der Waals surface area contributed by atoms with Gasteiger partial charge in [0, 0.05) is 30.1 Å². The Morgan fingerprint density at radius 3 is 2.78 bits per heavy atom. The smallest absolute Gasteiger partial charge is 0.251 e. The Morgan fingerprint density at radius 2 is 2.09 bits per heavy atom. The molecular formula is C18H19N3O2. The largest absolute Gasteiger partial charge is 0.342 e. The lowest BCUT2D eigenvalue weighted by molar-refractivity contribution is -0.131. The molecule has 0 radical (unpaired) electrons. The average Bonchev–Trinajstić information content (AvgIpc) is 2.56. The van der Waals surface area contributed by atoms with Crippen LogP contribution >= 0.6 is 0 Å². The third kappa shape index (κ3) is 3.26. The van der Waals surface area contributed by atoms with Gasteiger partial charge in [-0.25, -0.2) is 0 Å². The van der Waals surface area contributed by atoms with E-state index in [1.807, 2.05) is 29.2 Å². The van der Waals surface area contributed by atoms with Gasteiger partial charge >= 0.3 is 0 Å². The minimum absolute atomic E-state index is 0.0818. The zero-order valence-corrected chi connectivity index (χ0v) is 13.1. The molecule has 0 unspecified atom stereocenters. The van der Waals surface area contributed by atoms with Gasteiger partial charge < -0.3 is 9.88 Å². The van der Waals surface area contributed by atoms with Crippen LogP contribution in [0, 0.1) is 24.2 Å². The summed E-state index contributed by atoms with van der Waals surface area (Å²) in [5, 5.41) is 9.86. The van der Waals surface area contributed by atoms with Crippen LogP contribution in [0.5, 0.6) is 0 Å². The number of piperidine rings is 1. The first-order valence-electron chi connectivity index (χ1n) is 7.87. The van der Waals surface area contributed by atoms with Crippen LogP contribution in [0.25, 0.3) is 10.9 Å². The molecular weight excluding hydrogens is 290 g/mol. The Kier molecular flexibility index (Phi) is 4.16. The number of carbonyl (C=O) groups excluding carboxylic acids is 1. The maximum absolute atomic E-state index is 12.4. The van der Waals surface area contributed by atoms with Crippen LogP contribution in [0.4, 0.5) is 0 Å². The molecule has 3 rings (SSSR count). The Hall–Kier alpha value is -2.61. The number of likely N-dealkylation sites (tertiary alicyclic amines) is 1. The maximum atomic E-state index is 12.4. The van der Waals surface area contributed by atoms with E-state index in [-0.39, 0.29) is 17.4 Å². The topological polar surface area (TPSA) is 77.0 Å². The first-order chi connectivity index (χ1) is 11.1. The summed E-state index contributed by atoms with van der Waals surface area (Å²) in [5.74, 6) is 0.182. The zero-order valence-electron chi connectivity index (χ0n) is 13.1. The van der Waals surface area contributed by atoms with Crippen LogP contribution in [0.3, 0.4) is 0 Å². The normalized spacial score (nSPS) is 15.6. The Bertz CT molecular complexity index is 839. The van der Waals surface area contributed by atoms with Crippen molar-refractivity contribution in [2.75, 3.05) is 13.1 Å². The van der Waals surface area contributed by atoms with Crippen LogP contribution in [0.1, 0.15) is 24.0 Å². The van der Waals surface area contributed by atoms with Gasteiger partial charge in [0.2, 0.25) is 5.91 Å². The second-order valence-electron chi connectivity index (χ2n) is 6.16. The van der Waals surface area contributed by atoms with Crippen molar-refractivity contribution in [2.45, 2.75) is 26.2 Å². The molecule has 1 aromatic heterocycles. The number of nitrogens with one attached hydrogen (secondary N) is 1. The van der Waals surface area contributed by atoms with E-state index in [1.54, 1.807) is 6.92 Å². The highest BCUT2D eigenvalue weighted by molar-refractivity contribution is 5.83. The zero-order chi connectivity index (χ0) is 16.4. The molecule has 0 atom stereocenters. The Morgan fingerprint density at radius 1 is 1.35 bits per heavy atom. The van der Waals surface area contributed by atoms with Crippen molar-refractivity contribution >= 4 is 16.8 Å². The molecule has 1 fully saturated rings. The minimum atomic E-state index is -0.0818. The molecule has 23 heavy (non-hydrogen) atoms. The van der Waals surface area contributed by atoms with Crippen LogP contribution in [0.2, 0.25) is 0 Å². The van der Waals surface area contributed by atoms with E-state index in [4.69, 9.17) is 5.26 Å². The lowest BCUT2D eigenvalue weighted by Crippen LogP contribution is -2.39. The molecule has 5 nitrogen and oxygen atoms in total. The number of carbonyl (C=O) groups is 1. The molecule has 1 aliphatic rings. The maximum Gasteiger partial charge on any atom is 0.251 e. The third-order valence-electron chi connectivity index (χ3n) is 4.48. The van der Waals surface area contributed by atoms with Crippen molar-refractivity contribution in [1.82, 2.24) is 9.88 Å². The molecule has 1 amide bonds. The third-order valence-corrected chi connectivity index (χ3v) is 4.48.